The van der Waals surface area contributed by atoms with Crippen LogP contribution in [0.3, 0.4) is 0 Å². The molecule has 112 valence electrons. The van der Waals surface area contributed by atoms with Crippen molar-refractivity contribution in [3.05, 3.63) is 0 Å². The molecule has 2 aliphatic rings. The van der Waals surface area contributed by atoms with Gasteiger partial charge in [-0.15, -0.1) is 0 Å². The van der Waals surface area contributed by atoms with Crippen LogP contribution in [0.1, 0.15) is 46.0 Å². The molecule has 5 heteroatoms. The summed E-state index contributed by atoms with van der Waals surface area (Å²) in [6.07, 6.45) is 1.65. The van der Waals surface area contributed by atoms with Crippen molar-refractivity contribution in [2.24, 2.45) is 5.92 Å². The minimum absolute atomic E-state index is 0.0509. The summed E-state index contributed by atoms with van der Waals surface area (Å²) in [6.45, 7) is 4.36. The Kier molecular flexibility index (Phi) is 4.45. The first kappa shape index (κ1) is 15.1. The van der Waals surface area contributed by atoms with Crippen LogP contribution in [0.25, 0.3) is 0 Å². The minimum atomic E-state index is -4.10. The van der Waals surface area contributed by atoms with Crippen molar-refractivity contribution in [3.63, 3.8) is 0 Å². The fourth-order valence-electron chi connectivity index (χ4n) is 3.58. The van der Waals surface area contributed by atoms with Crippen LogP contribution in [0.2, 0.25) is 0 Å². The van der Waals surface area contributed by atoms with E-state index in [0.717, 1.165) is 12.8 Å². The van der Waals surface area contributed by atoms with E-state index in [1.807, 2.05) is 13.8 Å². The number of alkyl halides is 3. The summed E-state index contributed by atoms with van der Waals surface area (Å²) in [5, 5.41) is 3.41. The largest absolute Gasteiger partial charge is 0.401 e. The van der Waals surface area contributed by atoms with Crippen LogP contribution in [0.4, 0.5) is 13.2 Å². The lowest BCUT2D eigenvalue weighted by Gasteiger charge is -2.48. The van der Waals surface area contributed by atoms with Crippen LogP contribution in [0.15, 0.2) is 0 Å². The monoisotopic (exact) mass is 278 g/mol. The molecule has 0 bridgehead atoms. The van der Waals surface area contributed by atoms with Crippen LogP contribution < -0.4 is 5.32 Å². The Morgan fingerprint density at radius 2 is 1.79 bits per heavy atom. The number of piperazine rings is 1. The topological polar surface area (TPSA) is 15.3 Å². The second-order valence-corrected chi connectivity index (χ2v) is 6.75. The van der Waals surface area contributed by atoms with E-state index >= 15 is 0 Å². The predicted molar refractivity (Wildman–Crippen MR) is 70.1 cm³/mol. The molecule has 0 amide bonds. The van der Waals surface area contributed by atoms with Gasteiger partial charge in [0.05, 0.1) is 6.54 Å². The summed E-state index contributed by atoms with van der Waals surface area (Å²) in [6, 6.07) is 0.0509. The molecule has 1 aliphatic heterocycles. The van der Waals surface area contributed by atoms with E-state index in [1.165, 1.54) is 19.3 Å². The molecule has 0 aromatic heterocycles. The normalized spacial score (nSPS) is 30.5. The van der Waals surface area contributed by atoms with E-state index in [4.69, 9.17) is 0 Å². The van der Waals surface area contributed by atoms with Gasteiger partial charge in [-0.05, 0) is 32.6 Å². The molecule has 1 atom stereocenters. The van der Waals surface area contributed by atoms with Gasteiger partial charge in [-0.25, -0.2) is 0 Å². The van der Waals surface area contributed by atoms with Gasteiger partial charge in [0.25, 0.3) is 0 Å². The maximum absolute atomic E-state index is 12.8. The van der Waals surface area contributed by atoms with Gasteiger partial charge in [-0.2, -0.15) is 13.2 Å². The molecule has 19 heavy (non-hydrogen) atoms. The summed E-state index contributed by atoms with van der Waals surface area (Å²) < 4.78 is 38.3. The van der Waals surface area contributed by atoms with Gasteiger partial charge in [0.1, 0.15) is 0 Å². The maximum atomic E-state index is 12.8. The van der Waals surface area contributed by atoms with Crippen molar-refractivity contribution in [3.8, 4) is 0 Å². The average Bonchev–Trinajstić information content (AvgIpc) is 2.27. The van der Waals surface area contributed by atoms with Crippen LogP contribution in [-0.4, -0.2) is 42.3 Å². The summed E-state index contributed by atoms with van der Waals surface area (Å²) in [5.74, 6) is 0.430. The molecule has 2 fully saturated rings. The highest BCUT2D eigenvalue weighted by molar-refractivity contribution is 4.96. The van der Waals surface area contributed by atoms with Crippen LogP contribution in [0.5, 0.6) is 0 Å². The molecule has 0 spiro atoms. The van der Waals surface area contributed by atoms with E-state index in [1.54, 1.807) is 4.90 Å². The second kappa shape index (κ2) is 5.60. The number of halogens is 3. The molecule has 1 saturated carbocycles. The Balaban J connectivity index is 2.05. The number of hydrogen-bond acceptors (Lipinski definition) is 2. The molecule has 1 aliphatic carbocycles. The molecule has 1 heterocycles. The lowest BCUT2D eigenvalue weighted by molar-refractivity contribution is -0.159. The zero-order valence-corrected chi connectivity index (χ0v) is 11.9. The molecule has 0 aromatic carbocycles. The molecule has 2 rings (SSSR count). The molecule has 0 radical (unpaired) electrons. The Bertz CT molecular complexity index is 294. The van der Waals surface area contributed by atoms with Gasteiger partial charge in [0, 0.05) is 24.7 Å². The van der Waals surface area contributed by atoms with Crippen molar-refractivity contribution < 1.29 is 13.2 Å². The summed E-state index contributed by atoms with van der Waals surface area (Å²) in [4.78, 5) is 1.67. The van der Waals surface area contributed by atoms with Gasteiger partial charge >= 0.3 is 6.18 Å². The molecular weight excluding hydrogens is 253 g/mol. The SMILES string of the molecule is CC1(C)CN(CC(F)(F)F)C(C2CCCCC2)CN1. The first-order valence-electron chi connectivity index (χ1n) is 7.33. The maximum Gasteiger partial charge on any atom is 0.401 e. The van der Waals surface area contributed by atoms with Crippen LogP contribution >= 0.6 is 0 Å². The fourth-order valence-corrected chi connectivity index (χ4v) is 3.58. The van der Waals surface area contributed by atoms with Crippen molar-refractivity contribution in [2.75, 3.05) is 19.6 Å². The third-order valence-electron chi connectivity index (χ3n) is 4.43. The molecule has 1 unspecified atom stereocenters. The van der Waals surface area contributed by atoms with Crippen LogP contribution in [0, 0.1) is 5.92 Å². The third kappa shape index (κ3) is 4.35. The molecule has 1 N–H and O–H groups in total. The van der Waals surface area contributed by atoms with Gasteiger partial charge < -0.3 is 5.32 Å². The average molecular weight is 278 g/mol. The number of nitrogens with one attached hydrogen (secondary N) is 1. The van der Waals surface area contributed by atoms with Crippen molar-refractivity contribution in [2.45, 2.75) is 63.7 Å². The lowest BCUT2D eigenvalue weighted by atomic mass is 9.81. The van der Waals surface area contributed by atoms with Gasteiger partial charge in [0.2, 0.25) is 0 Å². The summed E-state index contributed by atoms with van der Waals surface area (Å²) >= 11 is 0. The Labute approximate surface area is 113 Å². The highest BCUT2D eigenvalue weighted by Gasteiger charge is 2.42. The van der Waals surface area contributed by atoms with Gasteiger partial charge in [0.15, 0.2) is 0 Å². The smallest absolute Gasteiger partial charge is 0.309 e. The lowest BCUT2D eigenvalue weighted by Crippen LogP contribution is -2.64. The molecule has 0 aromatic rings. The third-order valence-corrected chi connectivity index (χ3v) is 4.43. The standard InChI is InChI=1S/C14H25F3N2/c1-13(2)9-19(10-14(15,16)17)12(8-18-13)11-6-4-3-5-7-11/h11-12,18H,3-10H2,1-2H3. The van der Waals surface area contributed by atoms with Crippen molar-refractivity contribution in [1.82, 2.24) is 10.2 Å². The molecule has 2 nitrogen and oxygen atoms in total. The van der Waals surface area contributed by atoms with E-state index in [-0.39, 0.29) is 11.6 Å². The first-order chi connectivity index (χ1) is 8.77. The highest BCUT2D eigenvalue weighted by atomic mass is 19.4. The number of rotatable bonds is 2. The summed E-state index contributed by atoms with van der Waals surface area (Å²) in [7, 11) is 0. The van der Waals surface area contributed by atoms with Crippen molar-refractivity contribution >= 4 is 0 Å². The highest BCUT2D eigenvalue weighted by Crippen LogP contribution is 2.33. The van der Waals surface area contributed by atoms with E-state index < -0.39 is 12.7 Å². The Hall–Kier alpha value is -0.290. The van der Waals surface area contributed by atoms with Crippen LogP contribution in [-0.2, 0) is 0 Å². The Morgan fingerprint density at radius 3 is 2.37 bits per heavy atom. The zero-order valence-electron chi connectivity index (χ0n) is 11.9. The van der Waals surface area contributed by atoms with E-state index in [9.17, 15) is 13.2 Å². The zero-order chi connectivity index (χ0) is 14.1. The van der Waals surface area contributed by atoms with Crippen molar-refractivity contribution in [1.29, 1.82) is 0 Å². The summed E-state index contributed by atoms with van der Waals surface area (Å²) in [5.41, 5.74) is -0.226. The van der Waals surface area contributed by atoms with E-state index in [2.05, 4.69) is 5.32 Å². The minimum Gasteiger partial charge on any atom is -0.309 e. The quantitative estimate of drug-likeness (QED) is 0.834. The van der Waals surface area contributed by atoms with Gasteiger partial charge in [-0.3, -0.25) is 4.90 Å². The van der Waals surface area contributed by atoms with Gasteiger partial charge in [-0.1, -0.05) is 19.3 Å². The predicted octanol–water partition coefficient (Wildman–Crippen LogP) is 3.18. The Morgan fingerprint density at radius 1 is 1.16 bits per heavy atom. The van der Waals surface area contributed by atoms with E-state index in [0.29, 0.717) is 19.0 Å². The second-order valence-electron chi connectivity index (χ2n) is 6.75. The fraction of sp³-hybridized carbons (Fsp3) is 1.00. The first-order valence-corrected chi connectivity index (χ1v) is 7.33. The molecule has 1 saturated heterocycles. The molecular formula is C14H25F3N2. The number of hydrogen-bond donors (Lipinski definition) is 1. The number of nitrogens with zero attached hydrogens (tertiary/aromatic N) is 1.